The van der Waals surface area contributed by atoms with Crippen LogP contribution in [0, 0.1) is 5.92 Å². The highest BCUT2D eigenvalue weighted by molar-refractivity contribution is 5.79. The molecule has 2 N–H and O–H groups in total. The first kappa shape index (κ1) is 14.8. The van der Waals surface area contributed by atoms with E-state index >= 15 is 0 Å². The predicted octanol–water partition coefficient (Wildman–Crippen LogP) is 1.69. The van der Waals surface area contributed by atoms with Gasteiger partial charge in [-0.15, -0.1) is 0 Å². The molecular weight excluding hydrogens is 278 g/mol. The minimum Gasteiger partial charge on any atom is -0.396 e. The lowest BCUT2D eigenvalue weighted by Gasteiger charge is -2.17. The molecule has 0 radical (unpaired) electrons. The highest BCUT2D eigenvalue weighted by atomic mass is 16.3. The number of rotatable bonds is 7. The summed E-state index contributed by atoms with van der Waals surface area (Å²) >= 11 is 0. The van der Waals surface area contributed by atoms with Crippen molar-refractivity contribution in [1.82, 2.24) is 15.1 Å². The summed E-state index contributed by atoms with van der Waals surface area (Å²) in [5.41, 5.74) is 1.96. The van der Waals surface area contributed by atoms with E-state index in [1.165, 1.54) is 0 Å². The Hall–Kier alpha value is -2.14. The van der Waals surface area contributed by atoms with Crippen LogP contribution in [0.4, 0.5) is 0 Å². The van der Waals surface area contributed by atoms with Gasteiger partial charge in [-0.25, -0.2) is 4.68 Å². The number of nitrogens with one attached hydrogen (secondary N) is 1. The Bertz CT molecular complexity index is 603. The van der Waals surface area contributed by atoms with E-state index in [4.69, 9.17) is 5.11 Å². The van der Waals surface area contributed by atoms with Gasteiger partial charge in [-0.1, -0.05) is 12.1 Å². The molecule has 3 rings (SSSR count). The van der Waals surface area contributed by atoms with Crippen LogP contribution in [-0.2, 0) is 11.2 Å². The molecule has 116 valence electrons. The zero-order chi connectivity index (χ0) is 15.4. The fourth-order valence-corrected chi connectivity index (χ4v) is 2.69. The third-order valence-electron chi connectivity index (χ3n) is 4.05. The maximum Gasteiger partial charge on any atom is 0.224 e. The van der Waals surface area contributed by atoms with Crippen molar-refractivity contribution >= 4 is 5.91 Å². The quantitative estimate of drug-likeness (QED) is 0.817. The summed E-state index contributed by atoms with van der Waals surface area (Å²) in [7, 11) is 0. The van der Waals surface area contributed by atoms with E-state index in [0.29, 0.717) is 18.8 Å². The topological polar surface area (TPSA) is 67.2 Å². The fourth-order valence-electron chi connectivity index (χ4n) is 2.69. The monoisotopic (exact) mass is 299 g/mol. The normalized spacial score (nSPS) is 15.5. The van der Waals surface area contributed by atoms with Gasteiger partial charge >= 0.3 is 0 Å². The first-order chi connectivity index (χ1) is 10.8. The van der Waals surface area contributed by atoms with Gasteiger partial charge in [0.15, 0.2) is 0 Å². The molecule has 1 unspecified atom stereocenters. The number of hydrogen-bond donors (Lipinski definition) is 2. The third-order valence-corrected chi connectivity index (χ3v) is 4.05. The molecule has 1 aliphatic carbocycles. The molecule has 0 bridgehead atoms. The number of aliphatic hydroxyl groups is 1. The van der Waals surface area contributed by atoms with Gasteiger partial charge in [0.1, 0.15) is 0 Å². The predicted molar refractivity (Wildman–Crippen MR) is 83.6 cm³/mol. The van der Waals surface area contributed by atoms with Crippen molar-refractivity contribution < 1.29 is 9.90 Å². The lowest BCUT2D eigenvalue weighted by atomic mass is 10.1. The molecule has 0 aliphatic heterocycles. The second-order valence-corrected chi connectivity index (χ2v) is 5.82. The van der Waals surface area contributed by atoms with Crippen molar-refractivity contribution in [1.29, 1.82) is 0 Å². The van der Waals surface area contributed by atoms with E-state index < -0.39 is 0 Å². The Balaban J connectivity index is 1.57. The lowest BCUT2D eigenvalue weighted by molar-refractivity contribution is -0.121. The van der Waals surface area contributed by atoms with Crippen LogP contribution in [0.1, 0.15) is 24.8 Å². The van der Waals surface area contributed by atoms with E-state index in [-0.39, 0.29) is 18.6 Å². The van der Waals surface area contributed by atoms with E-state index in [1.807, 2.05) is 36.5 Å². The number of carbonyl (C=O) groups excluding carboxylic acids is 1. The van der Waals surface area contributed by atoms with Gasteiger partial charge in [-0.3, -0.25) is 4.79 Å². The van der Waals surface area contributed by atoms with Crippen LogP contribution in [0.3, 0.4) is 0 Å². The maximum absolute atomic E-state index is 12.1. The molecule has 1 fully saturated rings. The average molecular weight is 299 g/mol. The van der Waals surface area contributed by atoms with E-state index in [1.54, 1.807) is 10.9 Å². The molecule has 1 atom stereocenters. The largest absolute Gasteiger partial charge is 0.396 e. The summed E-state index contributed by atoms with van der Waals surface area (Å²) in [6.07, 6.45) is 6.95. The molecule has 22 heavy (non-hydrogen) atoms. The summed E-state index contributed by atoms with van der Waals surface area (Å²) in [4.78, 5) is 12.1. The highest BCUT2D eigenvalue weighted by Crippen LogP contribution is 2.33. The van der Waals surface area contributed by atoms with Gasteiger partial charge in [-0.05, 0) is 48.9 Å². The molecule has 0 saturated heterocycles. The van der Waals surface area contributed by atoms with Crippen LogP contribution in [0.25, 0.3) is 5.69 Å². The number of carbonyl (C=O) groups is 1. The van der Waals surface area contributed by atoms with Crippen molar-refractivity contribution in [2.75, 3.05) is 6.61 Å². The summed E-state index contributed by atoms with van der Waals surface area (Å²) in [6, 6.07) is 9.83. The summed E-state index contributed by atoms with van der Waals surface area (Å²) < 4.78 is 1.79. The molecule has 2 aromatic rings. The standard InChI is InChI=1S/C17H21N3O2/c21-11-8-16(14-4-5-14)19-17(22)12-13-2-6-15(7-3-13)20-10-1-9-18-20/h1-3,6-7,9-10,14,16,21H,4-5,8,11-12H2,(H,19,22). The minimum atomic E-state index is 0.0252. The summed E-state index contributed by atoms with van der Waals surface area (Å²) in [5.74, 6) is 0.579. The minimum absolute atomic E-state index is 0.0252. The Labute approximate surface area is 130 Å². The zero-order valence-electron chi connectivity index (χ0n) is 12.5. The number of aliphatic hydroxyl groups excluding tert-OH is 1. The van der Waals surface area contributed by atoms with Gasteiger partial charge in [0.05, 0.1) is 12.1 Å². The van der Waals surface area contributed by atoms with Gasteiger partial charge in [0.2, 0.25) is 5.91 Å². The van der Waals surface area contributed by atoms with Crippen molar-refractivity contribution in [3.63, 3.8) is 0 Å². The fraction of sp³-hybridized carbons (Fsp3) is 0.412. The number of hydrogen-bond acceptors (Lipinski definition) is 3. The van der Waals surface area contributed by atoms with Gasteiger partial charge in [-0.2, -0.15) is 5.10 Å². The smallest absolute Gasteiger partial charge is 0.224 e. The Morgan fingerprint density at radius 1 is 1.36 bits per heavy atom. The zero-order valence-corrected chi connectivity index (χ0v) is 12.5. The number of aromatic nitrogens is 2. The van der Waals surface area contributed by atoms with Crippen LogP contribution in [-0.4, -0.2) is 33.4 Å². The highest BCUT2D eigenvalue weighted by Gasteiger charge is 2.31. The summed E-state index contributed by atoms with van der Waals surface area (Å²) in [5, 5.41) is 16.3. The SMILES string of the molecule is O=C(Cc1ccc(-n2cccn2)cc1)NC(CCO)C1CC1. The maximum atomic E-state index is 12.1. The van der Waals surface area contributed by atoms with E-state index in [2.05, 4.69) is 10.4 Å². The number of benzene rings is 1. The molecule has 0 spiro atoms. The molecular formula is C17H21N3O2. The Kier molecular flexibility index (Phi) is 4.53. The number of amides is 1. The summed E-state index contributed by atoms with van der Waals surface area (Å²) in [6.45, 7) is 0.125. The molecule has 1 aliphatic rings. The molecule has 5 nitrogen and oxygen atoms in total. The Morgan fingerprint density at radius 3 is 2.73 bits per heavy atom. The first-order valence-corrected chi connectivity index (χ1v) is 7.75. The molecule has 1 aromatic heterocycles. The van der Waals surface area contributed by atoms with Gasteiger partial charge in [0, 0.05) is 25.0 Å². The van der Waals surface area contributed by atoms with Crippen LogP contribution >= 0.6 is 0 Å². The first-order valence-electron chi connectivity index (χ1n) is 7.75. The third kappa shape index (κ3) is 3.74. The van der Waals surface area contributed by atoms with Crippen LogP contribution in [0.15, 0.2) is 42.7 Å². The van der Waals surface area contributed by atoms with E-state index in [0.717, 1.165) is 24.1 Å². The average Bonchev–Trinajstić information content (AvgIpc) is 3.22. The van der Waals surface area contributed by atoms with Crippen molar-refractivity contribution in [2.24, 2.45) is 5.92 Å². The molecule has 1 aromatic carbocycles. The molecule has 5 heteroatoms. The van der Waals surface area contributed by atoms with Gasteiger partial charge < -0.3 is 10.4 Å². The molecule has 1 saturated carbocycles. The van der Waals surface area contributed by atoms with Crippen molar-refractivity contribution in [3.8, 4) is 5.69 Å². The van der Waals surface area contributed by atoms with E-state index in [9.17, 15) is 4.79 Å². The molecule has 1 amide bonds. The number of nitrogens with zero attached hydrogens (tertiary/aromatic N) is 2. The second-order valence-electron chi connectivity index (χ2n) is 5.82. The van der Waals surface area contributed by atoms with Crippen LogP contribution in [0.2, 0.25) is 0 Å². The lowest BCUT2D eigenvalue weighted by Crippen LogP contribution is -2.38. The van der Waals surface area contributed by atoms with Crippen LogP contribution < -0.4 is 5.32 Å². The Morgan fingerprint density at radius 2 is 2.14 bits per heavy atom. The second kappa shape index (κ2) is 6.75. The van der Waals surface area contributed by atoms with Gasteiger partial charge in [0.25, 0.3) is 0 Å². The van der Waals surface area contributed by atoms with Crippen molar-refractivity contribution in [2.45, 2.75) is 31.7 Å². The molecule has 1 heterocycles. The van der Waals surface area contributed by atoms with Crippen LogP contribution in [0.5, 0.6) is 0 Å². The van der Waals surface area contributed by atoms with Crippen molar-refractivity contribution in [3.05, 3.63) is 48.3 Å².